The molecule has 1 heterocycles. The number of nitrogens with one attached hydrogen (secondary N) is 1. The molecule has 2 unspecified atom stereocenters. The van der Waals surface area contributed by atoms with Crippen LogP contribution in [0.15, 0.2) is 24.3 Å². The number of benzene rings is 1. The third-order valence-electron chi connectivity index (χ3n) is 4.96. The van der Waals surface area contributed by atoms with E-state index < -0.39 is 0 Å². The van der Waals surface area contributed by atoms with Crippen molar-refractivity contribution in [3.05, 3.63) is 35.4 Å². The average Bonchev–Trinajstić information content (AvgIpc) is 2.56. The van der Waals surface area contributed by atoms with E-state index in [1.165, 1.54) is 11.1 Å². The van der Waals surface area contributed by atoms with Gasteiger partial charge in [-0.1, -0.05) is 38.1 Å². The highest BCUT2D eigenvalue weighted by Gasteiger charge is 2.39. The van der Waals surface area contributed by atoms with Gasteiger partial charge in [-0.05, 0) is 30.9 Å². The van der Waals surface area contributed by atoms with E-state index in [9.17, 15) is 0 Å². The molecule has 4 nitrogen and oxygen atoms in total. The van der Waals surface area contributed by atoms with Crippen molar-refractivity contribution in [1.29, 1.82) is 0 Å². The molecular weight excluding hydrogens is 262 g/mol. The lowest BCUT2D eigenvalue weighted by molar-refractivity contribution is -0.0329. The van der Waals surface area contributed by atoms with Crippen molar-refractivity contribution in [1.82, 2.24) is 10.3 Å². The summed E-state index contributed by atoms with van der Waals surface area (Å²) in [5, 5.41) is 0. The number of aryl methyl sites for hydroxylation is 1. The van der Waals surface area contributed by atoms with Gasteiger partial charge in [0.15, 0.2) is 0 Å². The van der Waals surface area contributed by atoms with Gasteiger partial charge in [-0.15, -0.1) is 0 Å². The van der Waals surface area contributed by atoms with Gasteiger partial charge in [0, 0.05) is 18.6 Å². The molecule has 1 aromatic rings. The molecule has 0 bridgehead atoms. The fraction of sp³-hybridized carbons (Fsp3) is 0.647. The molecule has 1 aromatic carbocycles. The Kier molecular flexibility index (Phi) is 5.76. The highest BCUT2D eigenvalue weighted by molar-refractivity contribution is 5.27. The van der Waals surface area contributed by atoms with Crippen LogP contribution in [0.2, 0.25) is 0 Å². The summed E-state index contributed by atoms with van der Waals surface area (Å²) >= 11 is 0. The molecule has 1 aliphatic heterocycles. The molecule has 3 N–H and O–H groups in total. The maximum atomic E-state index is 5.94. The first-order valence-corrected chi connectivity index (χ1v) is 8.03. The fourth-order valence-corrected chi connectivity index (χ4v) is 3.27. The monoisotopic (exact) mass is 291 g/mol. The first kappa shape index (κ1) is 16.4. The van der Waals surface area contributed by atoms with Crippen LogP contribution in [0.5, 0.6) is 0 Å². The van der Waals surface area contributed by atoms with E-state index in [0.29, 0.717) is 0 Å². The van der Waals surface area contributed by atoms with Crippen molar-refractivity contribution in [2.45, 2.75) is 45.2 Å². The summed E-state index contributed by atoms with van der Waals surface area (Å²) in [5.41, 5.74) is 5.67. The smallest absolute Gasteiger partial charge is 0.0641 e. The summed E-state index contributed by atoms with van der Waals surface area (Å²) in [6.07, 6.45) is 2.10. The van der Waals surface area contributed by atoms with Crippen molar-refractivity contribution in [2.24, 2.45) is 5.84 Å². The van der Waals surface area contributed by atoms with Crippen LogP contribution in [-0.2, 0) is 11.2 Å². The predicted molar refractivity (Wildman–Crippen MR) is 87.0 cm³/mol. The van der Waals surface area contributed by atoms with Crippen molar-refractivity contribution >= 4 is 0 Å². The first-order chi connectivity index (χ1) is 10.2. The molecule has 1 aliphatic rings. The number of morpholine rings is 1. The minimum atomic E-state index is -0.00768. The van der Waals surface area contributed by atoms with Crippen LogP contribution in [-0.4, -0.2) is 36.7 Å². The van der Waals surface area contributed by atoms with E-state index in [2.05, 4.69) is 55.4 Å². The predicted octanol–water partition coefficient (Wildman–Crippen LogP) is 2.25. The zero-order valence-electron chi connectivity index (χ0n) is 13.6. The number of ether oxygens (including phenoxy) is 1. The van der Waals surface area contributed by atoms with Crippen LogP contribution in [0.4, 0.5) is 0 Å². The van der Waals surface area contributed by atoms with Gasteiger partial charge in [0.25, 0.3) is 0 Å². The van der Waals surface area contributed by atoms with Crippen molar-refractivity contribution in [2.75, 3.05) is 26.3 Å². The fourth-order valence-electron chi connectivity index (χ4n) is 3.27. The van der Waals surface area contributed by atoms with Crippen molar-refractivity contribution in [3.8, 4) is 0 Å². The lowest BCUT2D eigenvalue weighted by Gasteiger charge is -2.47. The molecule has 1 fully saturated rings. The second-order valence-corrected chi connectivity index (χ2v) is 6.00. The Morgan fingerprint density at radius 1 is 1.24 bits per heavy atom. The maximum Gasteiger partial charge on any atom is 0.0641 e. The van der Waals surface area contributed by atoms with Crippen LogP contribution in [0.3, 0.4) is 0 Å². The van der Waals surface area contributed by atoms with E-state index >= 15 is 0 Å². The van der Waals surface area contributed by atoms with Gasteiger partial charge < -0.3 is 4.74 Å². The minimum Gasteiger partial charge on any atom is -0.379 e. The number of rotatable bonds is 6. The Bertz CT molecular complexity index is 428. The molecule has 2 rings (SSSR count). The summed E-state index contributed by atoms with van der Waals surface area (Å²) in [6.45, 7) is 10.3. The lowest BCUT2D eigenvalue weighted by atomic mass is 9.82. The number of hydrogen-bond donors (Lipinski definition) is 2. The number of nitrogens with zero attached hydrogens (tertiary/aromatic N) is 1. The second-order valence-electron chi connectivity index (χ2n) is 6.00. The van der Waals surface area contributed by atoms with Gasteiger partial charge in [-0.25, -0.2) is 0 Å². The number of nitrogens with two attached hydrogens (primary N) is 1. The molecule has 0 amide bonds. The van der Waals surface area contributed by atoms with Crippen LogP contribution in [0.25, 0.3) is 0 Å². The van der Waals surface area contributed by atoms with Gasteiger partial charge in [-0.3, -0.25) is 16.2 Å². The Morgan fingerprint density at radius 3 is 2.33 bits per heavy atom. The van der Waals surface area contributed by atoms with Crippen molar-refractivity contribution in [3.63, 3.8) is 0 Å². The Balaban J connectivity index is 2.26. The molecule has 0 spiro atoms. The van der Waals surface area contributed by atoms with Crippen LogP contribution >= 0.6 is 0 Å². The molecule has 4 heteroatoms. The quantitative estimate of drug-likeness (QED) is 0.623. The van der Waals surface area contributed by atoms with Gasteiger partial charge in [0.1, 0.15) is 0 Å². The van der Waals surface area contributed by atoms with Crippen LogP contribution in [0, 0.1) is 0 Å². The summed E-state index contributed by atoms with van der Waals surface area (Å²) in [5.74, 6) is 5.94. The zero-order chi connectivity index (χ0) is 15.3. The first-order valence-electron chi connectivity index (χ1n) is 8.03. The normalized spacial score (nSPS) is 21.0. The molecule has 0 saturated carbocycles. The van der Waals surface area contributed by atoms with Gasteiger partial charge in [0.2, 0.25) is 0 Å². The SMILES string of the molecule is CCc1ccc(C(NN)C(C)(CC)N2CCOCC2)cc1. The Hall–Kier alpha value is -0.940. The molecule has 21 heavy (non-hydrogen) atoms. The topological polar surface area (TPSA) is 50.5 Å². The molecule has 0 aliphatic carbocycles. The standard InChI is InChI=1S/C17H29N3O/c1-4-14-6-8-15(9-7-14)16(19-18)17(3,5-2)20-10-12-21-13-11-20/h6-9,16,19H,4-5,10-13,18H2,1-3H3. The molecule has 118 valence electrons. The summed E-state index contributed by atoms with van der Waals surface area (Å²) in [6, 6.07) is 8.94. The van der Waals surface area contributed by atoms with E-state index in [1.807, 2.05) is 0 Å². The lowest BCUT2D eigenvalue weighted by Crippen LogP contribution is -2.58. The van der Waals surface area contributed by atoms with Crippen LogP contribution in [0.1, 0.15) is 44.4 Å². The third-order valence-corrected chi connectivity index (χ3v) is 4.96. The largest absolute Gasteiger partial charge is 0.379 e. The van der Waals surface area contributed by atoms with Gasteiger partial charge >= 0.3 is 0 Å². The van der Waals surface area contributed by atoms with Crippen molar-refractivity contribution < 1.29 is 4.74 Å². The molecule has 2 atom stereocenters. The molecule has 0 aromatic heterocycles. The van der Waals surface area contributed by atoms with E-state index in [1.54, 1.807) is 0 Å². The third kappa shape index (κ3) is 3.46. The summed E-state index contributed by atoms with van der Waals surface area (Å²) < 4.78 is 5.50. The molecule has 0 radical (unpaired) electrons. The molecular formula is C17H29N3O. The van der Waals surface area contributed by atoms with E-state index in [-0.39, 0.29) is 11.6 Å². The summed E-state index contributed by atoms with van der Waals surface area (Å²) in [4.78, 5) is 2.51. The summed E-state index contributed by atoms with van der Waals surface area (Å²) in [7, 11) is 0. The van der Waals surface area contributed by atoms with Crippen LogP contribution < -0.4 is 11.3 Å². The minimum absolute atomic E-state index is 0.00768. The highest BCUT2D eigenvalue weighted by Crippen LogP contribution is 2.34. The van der Waals surface area contributed by atoms with Gasteiger partial charge in [0.05, 0.1) is 19.3 Å². The Morgan fingerprint density at radius 2 is 1.86 bits per heavy atom. The maximum absolute atomic E-state index is 5.94. The van der Waals surface area contributed by atoms with Gasteiger partial charge in [-0.2, -0.15) is 0 Å². The van der Waals surface area contributed by atoms with E-state index in [4.69, 9.17) is 10.6 Å². The average molecular weight is 291 g/mol. The Labute approximate surface area is 128 Å². The van der Waals surface area contributed by atoms with E-state index in [0.717, 1.165) is 39.1 Å². The number of hydrogen-bond acceptors (Lipinski definition) is 4. The highest BCUT2D eigenvalue weighted by atomic mass is 16.5. The molecule has 1 saturated heterocycles. The zero-order valence-corrected chi connectivity index (χ0v) is 13.6. The second kappa shape index (κ2) is 7.36. The number of hydrazine groups is 1.